The molecule has 1 aromatic heterocycles. The second-order valence-corrected chi connectivity index (χ2v) is 8.58. The lowest BCUT2D eigenvalue weighted by Gasteiger charge is -2.27. The Hall–Kier alpha value is -4.06. The summed E-state index contributed by atoms with van der Waals surface area (Å²) in [6.45, 7) is 4.81. The summed E-state index contributed by atoms with van der Waals surface area (Å²) in [7, 11) is 1.82. The van der Waals surface area contributed by atoms with Crippen molar-refractivity contribution in [3.8, 4) is 22.8 Å². The number of aromatic nitrogens is 2. The van der Waals surface area contributed by atoms with E-state index in [1.165, 1.54) is 0 Å². The molecule has 0 fully saturated rings. The summed E-state index contributed by atoms with van der Waals surface area (Å²) in [6, 6.07) is 23.1. The number of rotatable bonds is 6. The summed E-state index contributed by atoms with van der Waals surface area (Å²) in [5, 5.41) is 15.1. The van der Waals surface area contributed by atoms with Gasteiger partial charge in [-0.15, -0.1) is 0 Å². The third kappa shape index (κ3) is 3.71. The number of benzene rings is 3. The van der Waals surface area contributed by atoms with Crippen LogP contribution < -0.4 is 4.74 Å². The minimum absolute atomic E-state index is 0.0664. The average molecular weight is 454 g/mol. The lowest BCUT2D eigenvalue weighted by Crippen LogP contribution is -2.29. The first-order valence-corrected chi connectivity index (χ1v) is 11.4. The highest BCUT2D eigenvalue weighted by Gasteiger charge is 2.43. The predicted octanol–water partition coefficient (Wildman–Crippen LogP) is 5.25. The molecule has 1 aliphatic heterocycles. The van der Waals surface area contributed by atoms with Crippen molar-refractivity contribution in [3.05, 3.63) is 101 Å². The number of fused-ring (bicyclic) bond motifs is 1. The molecule has 1 atom stereocenters. The van der Waals surface area contributed by atoms with E-state index >= 15 is 0 Å². The van der Waals surface area contributed by atoms with Gasteiger partial charge >= 0.3 is 0 Å². The molecule has 0 bridgehead atoms. The fraction of sp³-hybridized carbons (Fsp3) is 0.214. The van der Waals surface area contributed by atoms with E-state index in [4.69, 9.17) is 9.84 Å². The van der Waals surface area contributed by atoms with Crippen molar-refractivity contribution in [1.29, 1.82) is 0 Å². The van der Waals surface area contributed by atoms with Gasteiger partial charge in [-0.1, -0.05) is 66.2 Å². The number of amides is 1. The number of carbonyl (C=O) groups excluding carboxylic acids is 1. The average Bonchev–Trinajstić information content (AvgIpc) is 3.32. The Morgan fingerprint density at radius 3 is 2.47 bits per heavy atom. The van der Waals surface area contributed by atoms with Crippen LogP contribution in [0.15, 0.2) is 72.8 Å². The molecule has 0 aliphatic carbocycles. The number of nitrogens with zero attached hydrogens (tertiary/aromatic N) is 3. The van der Waals surface area contributed by atoms with Crippen molar-refractivity contribution in [2.45, 2.75) is 26.4 Å². The molecule has 1 unspecified atom stereocenters. The Labute approximate surface area is 199 Å². The second kappa shape index (κ2) is 8.71. The standard InChI is InChI=1S/C28H27N3O3/c1-4-34-23-16-21(14-15-22(23)32)26-24-25(20-12-10-18(2)11-13-20)29-30(3)27(24)28(33)31(26)17-19-8-6-5-7-9-19/h5-16,26,32H,4,17H2,1-3H3. The summed E-state index contributed by atoms with van der Waals surface area (Å²) in [5.41, 5.74) is 6.29. The zero-order valence-electron chi connectivity index (χ0n) is 19.5. The highest BCUT2D eigenvalue weighted by atomic mass is 16.5. The molecule has 2 heterocycles. The molecule has 4 aromatic rings. The fourth-order valence-corrected chi connectivity index (χ4v) is 4.65. The summed E-state index contributed by atoms with van der Waals surface area (Å²) >= 11 is 0. The normalized spacial score (nSPS) is 15.0. The second-order valence-electron chi connectivity index (χ2n) is 8.58. The van der Waals surface area contributed by atoms with E-state index in [2.05, 4.69) is 12.1 Å². The summed E-state index contributed by atoms with van der Waals surface area (Å²) < 4.78 is 7.35. The molecule has 0 radical (unpaired) electrons. The molecule has 5 rings (SSSR count). The lowest BCUT2D eigenvalue weighted by molar-refractivity contribution is 0.0725. The van der Waals surface area contributed by atoms with E-state index in [9.17, 15) is 9.90 Å². The van der Waals surface area contributed by atoms with E-state index in [0.29, 0.717) is 24.6 Å². The number of aryl methyl sites for hydroxylation is 2. The van der Waals surface area contributed by atoms with Gasteiger partial charge in [-0.05, 0) is 37.1 Å². The molecule has 1 aliphatic rings. The van der Waals surface area contributed by atoms with Gasteiger partial charge in [0.05, 0.1) is 18.3 Å². The van der Waals surface area contributed by atoms with Crippen molar-refractivity contribution in [3.63, 3.8) is 0 Å². The minimum atomic E-state index is -0.368. The third-order valence-corrected chi connectivity index (χ3v) is 6.25. The molecule has 0 spiro atoms. The van der Waals surface area contributed by atoms with Crippen LogP contribution in [-0.2, 0) is 13.6 Å². The maximum atomic E-state index is 13.8. The molecule has 6 nitrogen and oxygen atoms in total. The summed E-state index contributed by atoms with van der Waals surface area (Å²) in [5.74, 6) is 0.416. The highest BCUT2D eigenvalue weighted by molar-refractivity contribution is 6.00. The number of carbonyl (C=O) groups is 1. The van der Waals surface area contributed by atoms with Crippen molar-refractivity contribution in [2.24, 2.45) is 7.05 Å². The highest BCUT2D eigenvalue weighted by Crippen LogP contribution is 2.45. The maximum Gasteiger partial charge on any atom is 0.273 e. The Kier molecular flexibility index (Phi) is 5.57. The van der Waals surface area contributed by atoms with Crippen molar-refractivity contribution in [2.75, 3.05) is 6.61 Å². The maximum absolute atomic E-state index is 13.8. The van der Waals surface area contributed by atoms with Gasteiger partial charge in [0.1, 0.15) is 5.69 Å². The van der Waals surface area contributed by atoms with Gasteiger partial charge in [0.2, 0.25) is 0 Å². The number of phenols is 1. The third-order valence-electron chi connectivity index (χ3n) is 6.25. The molecule has 3 aromatic carbocycles. The van der Waals surface area contributed by atoms with E-state index in [1.54, 1.807) is 10.7 Å². The van der Waals surface area contributed by atoms with Crippen LogP contribution in [0.4, 0.5) is 0 Å². The van der Waals surface area contributed by atoms with Crippen LogP contribution in [-0.4, -0.2) is 32.3 Å². The van der Waals surface area contributed by atoms with Crippen molar-refractivity contribution >= 4 is 5.91 Å². The van der Waals surface area contributed by atoms with Crippen LogP contribution in [0.3, 0.4) is 0 Å². The van der Waals surface area contributed by atoms with Gasteiger partial charge in [-0.25, -0.2) is 0 Å². The fourth-order valence-electron chi connectivity index (χ4n) is 4.65. The van der Waals surface area contributed by atoms with Crippen LogP contribution in [0.2, 0.25) is 0 Å². The van der Waals surface area contributed by atoms with E-state index in [1.807, 2.05) is 80.4 Å². The Balaban J connectivity index is 1.69. The van der Waals surface area contributed by atoms with Crippen LogP contribution in [0.25, 0.3) is 11.3 Å². The molecule has 1 N–H and O–H groups in total. The molecule has 0 saturated heterocycles. The Morgan fingerprint density at radius 1 is 1.03 bits per heavy atom. The monoisotopic (exact) mass is 453 g/mol. The van der Waals surface area contributed by atoms with E-state index in [-0.39, 0.29) is 17.7 Å². The number of hydrogen-bond acceptors (Lipinski definition) is 4. The van der Waals surface area contributed by atoms with Crippen LogP contribution >= 0.6 is 0 Å². The lowest BCUT2D eigenvalue weighted by atomic mass is 9.95. The first kappa shape index (κ1) is 21.8. The predicted molar refractivity (Wildman–Crippen MR) is 131 cm³/mol. The van der Waals surface area contributed by atoms with Crippen molar-refractivity contribution in [1.82, 2.24) is 14.7 Å². The number of hydrogen-bond donors (Lipinski definition) is 1. The smallest absolute Gasteiger partial charge is 0.273 e. The molecule has 1 amide bonds. The van der Waals surface area contributed by atoms with Crippen LogP contribution in [0.1, 0.15) is 45.7 Å². The Bertz CT molecular complexity index is 1340. The van der Waals surface area contributed by atoms with Crippen LogP contribution in [0.5, 0.6) is 11.5 Å². The summed E-state index contributed by atoms with van der Waals surface area (Å²) in [6.07, 6.45) is 0. The largest absolute Gasteiger partial charge is 0.504 e. The first-order chi connectivity index (χ1) is 16.5. The molecular weight excluding hydrogens is 426 g/mol. The SMILES string of the molecule is CCOc1cc(C2c3c(-c4ccc(C)cc4)nn(C)c3C(=O)N2Cc2ccccc2)ccc1O. The van der Waals surface area contributed by atoms with Gasteiger partial charge in [0.25, 0.3) is 5.91 Å². The molecule has 34 heavy (non-hydrogen) atoms. The van der Waals surface area contributed by atoms with E-state index in [0.717, 1.165) is 33.5 Å². The van der Waals surface area contributed by atoms with Gasteiger partial charge in [-0.2, -0.15) is 5.10 Å². The molecular formula is C28H27N3O3. The van der Waals surface area contributed by atoms with Crippen molar-refractivity contribution < 1.29 is 14.6 Å². The van der Waals surface area contributed by atoms with E-state index < -0.39 is 0 Å². The summed E-state index contributed by atoms with van der Waals surface area (Å²) in [4.78, 5) is 15.6. The topological polar surface area (TPSA) is 67.6 Å². The molecule has 172 valence electrons. The molecule has 6 heteroatoms. The number of phenolic OH excluding ortho intramolecular Hbond substituents is 1. The quantitative estimate of drug-likeness (QED) is 0.433. The first-order valence-electron chi connectivity index (χ1n) is 11.4. The zero-order valence-corrected chi connectivity index (χ0v) is 19.5. The van der Waals surface area contributed by atoms with Gasteiger partial charge in [0, 0.05) is 24.7 Å². The Morgan fingerprint density at radius 2 is 1.76 bits per heavy atom. The van der Waals surface area contributed by atoms with Crippen LogP contribution in [0, 0.1) is 6.92 Å². The number of aromatic hydroxyl groups is 1. The number of ether oxygens (including phenoxy) is 1. The van der Waals surface area contributed by atoms with Gasteiger partial charge < -0.3 is 14.7 Å². The molecule has 0 saturated carbocycles. The van der Waals surface area contributed by atoms with Gasteiger partial charge in [0.15, 0.2) is 11.5 Å². The minimum Gasteiger partial charge on any atom is -0.504 e. The van der Waals surface area contributed by atoms with Gasteiger partial charge in [-0.3, -0.25) is 9.48 Å². The zero-order chi connectivity index (χ0) is 23.8.